The number of hydrogen-bond donors (Lipinski definition) is 2. The molecule has 0 unspecified atom stereocenters. The molecule has 0 aliphatic rings. The van der Waals surface area contributed by atoms with Gasteiger partial charge in [0, 0.05) is 6.42 Å². The van der Waals surface area contributed by atoms with Crippen LogP contribution in [-0.2, 0) is 4.79 Å². The standard InChI is InChI=1S/C7H15NO2/c1-6(5-8)3-2-4-7(9)10/h6H,2-5,8H2,1H3,(H,9,10)/t6-/m0/s1. The highest BCUT2D eigenvalue weighted by atomic mass is 16.4. The molecule has 3 nitrogen and oxygen atoms in total. The molecule has 0 aromatic heterocycles. The molecule has 0 radical (unpaired) electrons. The Balaban J connectivity index is 3.11. The van der Waals surface area contributed by atoms with Crippen LogP contribution in [0, 0.1) is 5.92 Å². The molecular formula is C7H15NO2. The summed E-state index contributed by atoms with van der Waals surface area (Å²) in [5, 5.41) is 8.27. The van der Waals surface area contributed by atoms with Crippen LogP contribution in [0.2, 0.25) is 0 Å². The highest BCUT2D eigenvalue weighted by Crippen LogP contribution is 2.05. The van der Waals surface area contributed by atoms with Gasteiger partial charge in [0.25, 0.3) is 0 Å². The maximum Gasteiger partial charge on any atom is 0.303 e. The summed E-state index contributed by atoms with van der Waals surface area (Å²) >= 11 is 0. The fourth-order valence-corrected chi connectivity index (χ4v) is 0.720. The molecule has 60 valence electrons. The SMILES string of the molecule is C[C@H](CN)CCCC(=O)O. The smallest absolute Gasteiger partial charge is 0.303 e. The van der Waals surface area contributed by atoms with E-state index >= 15 is 0 Å². The van der Waals surface area contributed by atoms with Gasteiger partial charge in [-0.3, -0.25) is 4.79 Å². The van der Waals surface area contributed by atoms with Gasteiger partial charge in [0.15, 0.2) is 0 Å². The lowest BCUT2D eigenvalue weighted by Gasteiger charge is -2.04. The van der Waals surface area contributed by atoms with Crippen molar-refractivity contribution in [1.29, 1.82) is 0 Å². The Morgan fingerprint density at radius 3 is 2.70 bits per heavy atom. The van der Waals surface area contributed by atoms with Gasteiger partial charge in [-0.15, -0.1) is 0 Å². The molecule has 3 heteroatoms. The topological polar surface area (TPSA) is 63.3 Å². The molecule has 0 spiro atoms. The third kappa shape index (κ3) is 5.56. The van der Waals surface area contributed by atoms with Gasteiger partial charge < -0.3 is 10.8 Å². The van der Waals surface area contributed by atoms with E-state index in [1.165, 1.54) is 0 Å². The zero-order valence-electron chi connectivity index (χ0n) is 6.34. The summed E-state index contributed by atoms with van der Waals surface area (Å²) < 4.78 is 0. The Bertz CT molecular complexity index is 104. The fourth-order valence-electron chi connectivity index (χ4n) is 0.720. The molecule has 0 fully saturated rings. The second kappa shape index (κ2) is 5.23. The average molecular weight is 145 g/mol. The zero-order chi connectivity index (χ0) is 7.98. The van der Waals surface area contributed by atoms with Crippen LogP contribution in [0.5, 0.6) is 0 Å². The van der Waals surface area contributed by atoms with Crippen LogP contribution in [0.4, 0.5) is 0 Å². The molecule has 0 aromatic carbocycles. The number of nitrogens with two attached hydrogens (primary N) is 1. The van der Waals surface area contributed by atoms with Crippen LogP contribution < -0.4 is 5.73 Å². The summed E-state index contributed by atoms with van der Waals surface area (Å²) in [5.74, 6) is -0.261. The summed E-state index contributed by atoms with van der Waals surface area (Å²) in [4.78, 5) is 10.0. The first kappa shape index (κ1) is 9.43. The maximum absolute atomic E-state index is 10.0. The molecule has 10 heavy (non-hydrogen) atoms. The molecule has 0 bridgehead atoms. The minimum Gasteiger partial charge on any atom is -0.481 e. The van der Waals surface area contributed by atoms with Gasteiger partial charge in [0.1, 0.15) is 0 Å². The van der Waals surface area contributed by atoms with Crippen molar-refractivity contribution < 1.29 is 9.90 Å². The van der Waals surface area contributed by atoms with E-state index in [-0.39, 0.29) is 6.42 Å². The lowest BCUT2D eigenvalue weighted by molar-refractivity contribution is -0.137. The first-order valence-corrected chi connectivity index (χ1v) is 3.58. The van der Waals surface area contributed by atoms with E-state index in [2.05, 4.69) is 0 Å². The number of carboxylic acid groups (broad SMARTS) is 1. The molecule has 0 saturated carbocycles. The third-order valence-electron chi connectivity index (χ3n) is 1.49. The molecule has 0 aromatic rings. The molecule has 3 N–H and O–H groups in total. The lowest BCUT2D eigenvalue weighted by atomic mass is 10.0. The highest BCUT2D eigenvalue weighted by Gasteiger charge is 2.00. The van der Waals surface area contributed by atoms with Gasteiger partial charge in [-0.2, -0.15) is 0 Å². The van der Waals surface area contributed by atoms with Crippen molar-refractivity contribution in [1.82, 2.24) is 0 Å². The van der Waals surface area contributed by atoms with Crippen LogP contribution >= 0.6 is 0 Å². The van der Waals surface area contributed by atoms with Crippen LogP contribution in [-0.4, -0.2) is 17.6 Å². The van der Waals surface area contributed by atoms with Crippen molar-refractivity contribution in [3.8, 4) is 0 Å². The van der Waals surface area contributed by atoms with Crippen molar-refractivity contribution in [2.45, 2.75) is 26.2 Å². The normalized spacial score (nSPS) is 13.0. The Hall–Kier alpha value is -0.570. The number of rotatable bonds is 5. The lowest BCUT2D eigenvalue weighted by Crippen LogP contribution is -2.10. The van der Waals surface area contributed by atoms with E-state index in [0.29, 0.717) is 12.5 Å². The summed E-state index contributed by atoms with van der Waals surface area (Å²) in [5.41, 5.74) is 5.34. The summed E-state index contributed by atoms with van der Waals surface area (Å²) in [6.45, 7) is 2.68. The van der Waals surface area contributed by atoms with Crippen LogP contribution in [0.3, 0.4) is 0 Å². The Morgan fingerprint density at radius 2 is 2.30 bits per heavy atom. The number of hydrogen-bond acceptors (Lipinski definition) is 2. The third-order valence-corrected chi connectivity index (χ3v) is 1.49. The molecular weight excluding hydrogens is 130 g/mol. The zero-order valence-corrected chi connectivity index (χ0v) is 6.34. The monoisotopic (exact) mass is 145 g/mol. The second-order valence-corrected chi connectivity index (χ2v) is 2.63. The largest absolute Gasteiger partial charge is 0.481 e. The van der Waals surface area contributed by atoms with Gasteiger partial charge in [0.2, 0.25) is 0 Å². The number of aliphatic carboxylic acids is 1. The van der Waals surface area contributed by atoms with Crippen LogP contribution in [0.1, 0.15) is 26.2 Å². The van der Waals surface area contributed by atoms with E-state index in [9.17, 15) is 4.79 Å². The molecule has 1 atom stereocenters. The minimum absolute atomic E-state index is 0.268. The average Bonchev–Trinajstić information content (AvgIpc) is 1.87. The van der Waals surface area contributed by atoms with Gasteiger partial charge in [-0.1, -0.05) is 6.92 Å². The van der Waals surface area contributed by atoms with E-state index in [1.807, 2.05) is 6.92 Å². The van der Waals surface area contributed by atoms with E-state index in [0.717, 1.165) is 12.8 Å². The molecule has 0 saturated heterocycles. The predicted molar refractivity (Wildman–Crippen MR) is 39.7 cm³/mol. The van der Waals surface area contributed by atoms with Crippen molar-refractivity contribution in [3.63, 3.8) is 0 Å². The van der Waals surface area contributed by atoms with Crippen molar-refractivity contribution in [3.05, 3.63) is 0 Å². The highest BCUT2D eigenvalue weighted by molar-refractivity contribution is 5.66. The number of carboxylic acids is 1. The van der Waals surface area contributed by atoms with E-state index in [4.69, 9.17) is 10.8 Å². The van der Waals surface area contributed by atoms with Crippen LogP contribution in [0.15, 0.2) is 0 Å². The maximum atomic E-state index is 10.0. The Labute approximate surface area is 61.2 Å². The Kier molecular flexibility index (Phi) is 4.94. The van der Waals surface area contributed by atoms with Gasteiger partial charge in [-0.05, 0) is 25.3 Å². The first-order valence-electron chi connectivity index (χ1n) is 3.58. The summed E-state index contributed by atoms with van der Waals surface area (Å²) in [6.07, 6.45) is 1.93. The predicted octanol–water partition coefficient (Wildman–Crippen LogP) is 0.836. The molecule has 0 rings (SSSR count). The molecule has 0 heterocycles. The van der Waals surface area contributed by atoms with Crippen molar-refractivity contribution in [2.75, 3.05) is 6.54 Å². The molecule has 0 aliphatic carbocycles. The van der Waals surface area contributed by atoms with Crippen LogP contribution in [0.25, 0.3) is 0 Å². The number of carbonyl (C=O) groups is 1. The first-order chi connectivity index (χ1) is 4.66. The van der Waals surface area contributed by atoms with Crippen molar-refractivity contribution in [2.24, 2.45) is 11.7 Å². The molecule has 0 aliphatic heterocycles. The quantitative estimate of drug-likeness (QED) is 0.602. The summed E-state index contributed by atoms with van der Waals surface area (Å²) in [7, 11) is 0. The van der Waals surface area contributed by atoms with Crippen molar-refractivity contribution >= 4 is 5.97 Å². The van der Waals surface area contributed by atoms with E-state index in [1.54, 1.807) is 0 Å². The second-order valence-electron chi connectivity index (χ2n) is 2.63. The Morgan fingerprint density at radius 1 is 1.70 bits per heavy atom. The summed E-state index contributed by atoms with van der Waals surface area (Å²) in [6, 6.07) is 0. The van der Waals surface area contributed by atoms with Gasteiger partial charge >= 0.3 is 5.97 Å². The van der Waals surface area contributed by atoms with Gasteiger partial charge in [0.05, 0.1) is 0 Å². The van der Waals surface area contributed by atoms with Gasteiger partial charge in [-0.25, -0.2) is 0 Å². The van der Waals surface area contributed by atoms with E-state index < -0.39 is 5.97 Å². The molecule has 0 amide bonds. The fraction of sp³-hybridized carbons (Fsp3) is 0.857. The minimum atomic E-state index is -0.718.